The predicted molar refractivity (Wildman–Crippen MR) is 132 cm³/mol. The molecule has 4 rings (SSSR count). The fourth-order valence-electron chi connectivity index (χ4n) is 2.95. The molecule has 0 aliphatic carbocycles. The molecular formula is C24H20ClN5O2S. The third kappa shape index (κ3) is 5.60. The Morgan fingerprint density at radius 3 is 2.33 bits per heavy atom. The summed E-state index contributed by atoms with van der Waals surface area (Å²) >= 11 is 7.01. The minimum atomic E-state index is -0.562. The first-order valence-corrected chi connectivity index (χ1v) is 11.4. The lowest BCUT2D eigenvalue weighted by molar-refractivity contribution is -0.134. The van der Waals surface area contributed by atoms with Crippen LogP contribution in [0.3, 0.4) is 0 Å². The molecule has 9 heteroatoms. The summed E-state index contributed by atoms with van der Waals surface area (Å²) in [5.74, 6) is 0.0889. The molecule has 0 aliphatic heterocycles. The SMILES string of the molecule is CCOC(=O)/C(=N/Nc1ccc(Cl)cc1)Sc1nnc(-c2ccccc2)n1-c1ccccc1. The summed E-state index contributed by atoms with van der Waals surface area (Å²) in [7, 11) is 0. The Morgan fingerprint density at radius 1 is 1.00 bits per heavy atom. The molecule has 0 bridgehead atoms. The summed E-state index contributed by atoms with van der Waals surface area (Å²) in [5, 5.41) is 14.2. The van der Waals surface area contributed by atoms with E-state index in [0.29, 0.717) is 21.7 Å². The van der Waals surface area contributed by atoms with E-state index >= 15 is 0 Å². The van der Waals surface area contributed by atoms with Gasteiger partial charge in [-0.2, -0.15) is 5.10 Å². The van der Waals surface area contributed by atoms with E-state index in [1.165, 1.54) is 0 Å². The molecule has 0 unspecified atom stereocenters. The van der Waals surface area contributed by atoms with Crippen LogP contribution in [0.1, 0.15) is 6.92 Å². The number of halogens is 1. The number of para-hydroxylation sites is 1. The molecule has 1 N–H and O–H groups in total. The Bertz CT molecular complexity index is 1250. The predicted octanol–water partition coefficient (Wildman–Crippen LogP) is 5.67. The van der Waals surface area contributed by atoms with E-state index in [2.05, 4.69) is 20.7 Å². The minimum absolute atomic E-state index is 0.0935. The van der Waals surface area contributed by atoms with Gasteiger partial charge in [-0.1, -0.05) is 60.1 Å². The number of benzene rings is 3. The first kappa shape index (κ1) is 22.6. The van der Waals surface area contributed by atoms with E-state index in [4.69, 9.17) is 16.3 Å². The Hall–Kier alpha value is -3.62. The topological polar surface area (TPSA) is 81.4 Å². The molecule has 1 heterocycles. The number of carbonyl (C=O) groups excluding carboxylic acids is 1. The lowest BCUT2D eigenvalue weighted by Crippen LogP contribution is -2.17. The number of hydrogen-bond acceptors (Lipinski definition) is 7. The van der Waals surface area contributed by atoms with Crippen LogP contribution >= 0.6 is 23.4 Å². The molecule has 0 saturated heterocycles. The van der Waals surface area contributed by atoms with E-state index in [0.717, 1.165) is 23.0 Å². The second-order valence-corrected chi connectivity index (χ2v) is 8.09. The van der Waals surface area contributed by atoms with Gasteiger partial charge in [-0.3, -0.25) is 9.99 Å². The molecule has 0 amide bonds. The van der Waals surface area contributed by atoms with Crippen molar-refractivity contribution in [3.63, 3.8) is 0 Å². The average Bonchev–Trinajstić information content (AvgIpc) is 3.27. The number of anilines is 1. The molecule has 3 aromatic carbocycles. The van der Waals surface area contributed by atoms with Crippen LogP contribution in [0.2, 0.25) is 5.02 Å². The monoisotopic (exact) mass is 477 g/mol. The molecule has 0 saturated carbocycles. The highest BCUT2D eigenvalue weighted by atomic mass is 35.5. The molecule has 0 fully saturated rings. The second kappa shape index (κ2) is 10.8. The summed E-state index contributed by atoms with van der Waals surface area (Å²) < 4.78 is 7.10. The molecular weight excluding hydrogens is 458 g/mol. The average molecular weight is 478 g/mol. The van der Waals surface area contributed by atoms with E-state index in [1.807, 2.05) is 65.2 Å². The van der Waals surface area contributed by atoms with Gasteiger partial charge in [0.1, 0.15) is 0 Å². The zero-order chi connectivity index (χ0) is 23.0. The number of nitrogens with one attached hydrogen (secondary N) is 1. The van der Waals surface area contributed by atoms with Crippen molar-refractivity contribution in [1.82, 2.24) is 14.8 Å². The van der Waals surface area contributed by atoms with Gasteiger partial charge in [0, 0.05) is 16.3 Å². The van der Waals surface area contributed by atoms with Crippen LogP contribution in [0.5, 0.6) is 0 Å². The lowest BCUT2D eigenvalue weighted by Gasteiger charge is -2.11. The van der Waals surface area contributed by atoms with Gasteiger partial charge in [0.05, 0.1) is 12.3 Å². The molecule has 7 nitrogen and oxygen atoms in total. The van der Waals surface area contributed by atoms with Gasteiger partial charge in [0.25, 0.3) is 0 Å². The molecule has 166 valence electrons. The van der Waals surface area contributed by atoms with Crippen LogP contribution in [-0.4, -0.2) is 32.4 Å². The van der Waals surface area contributed by atoms with Gasteiger partial charge >= 0.3 is 5.97 Å². The number of hydrogen-bond donors (Lipinski definition) is 1. The molecule has 0 radical (unpaired) electrons. The number of thioether (sulfide) groups is 1. The van der Waals surface area contributed by atoms with Gasteiger partial charge in [-0.05, 0) is 55.1 Å². The van der Waals surface area contributed by atoms with Crippen molar-refractivity contribution in [3.8, 4) is 17.1 Å². The second-order valence-electron chi connectivity index (χ2n) is 6.70. The molecule has 0 spiro atoms. The smallest absolute Gasteiger partial charge is 0.365 e. The third-order valence-corrected chi connectivity index (χ3v) is 5.60. The number of esters is 1. The molecule has 0 aliphatic rings. The van der Waals surface area contributed by atoms with Crippen LogP contribution in [0, 0.1) is 0 Å². The minimum Gasteiger partial charge on any atom is -0.461 e. The highest BCUT2D eigenvalue weighted by Crippen LogP contribution is 2.29. The molecule has 4 aromatic rings. The highest BCUT2D eigenvalue weighted by Gasteiger charge is 2.22. The van der Waals surface area contributed by atoms with Crippen molar-refractivity contribution < 1.29 is 9.53 Å². The van der Waals surface area contributed by atoms with E-state index in [-0.39, 0.29) is 11.7 Å². The number of hydrazone groups is 1. The van der Waals surface area contributed by atoms with Crippen LogP contribution in [-0.2, 0) is 9.53 Å². The van der Waals surface area contributed by atoms with Crippen molar-refractivity contribution in [3.05, 3.63) is 90.0 Å². The highest BCUT2D eigenvalue weighted by molar-refractivity contribution is 8.15. The zero-order valence-electron chi connectivity index (χ0n) is 17.7. The van der Waals surface area contributed by atoms with Crippen molar-refractivity contribution in [2.24, 2.45) is 5.10 Å². The first-order chi connectivity index (χ1) is 16.2. The molecule has 1 aromatic heterocycles. The van der Waals surface area contributed by atoms with Gasteiger partial charge in [-0.25, -0.2) is 4.79 Å². The zero-order valence-corrected chi connectivity index (χ0v) is 19.3. The Kier molecular flexibility index (Phi) is 7.39. The summed E-state index contributed by atoms with van der Waals surface area (Å²) in [6.07, 6.45) is 0. The van der Waals surface area contributed by atoms with E-state index in [9.17, 15) is 4.79 Å². The van der Waals surface area contributed by atoms with E-state index < -0.39 is 5.97 Å². The number of ether oxygens (including phenoxy) is 1. The van der Waals surface area contributed by atoms with Gasteiger partial charge in [-0.15, -0.1) is 10.2 Å². The van der Waals surface area contributed by atoms with Crippen molar-refractivity contribution >= 4 is 40.1 Å². The first-order valence-electron chi connectivity index (χ1n) is 10.2. The van der Waals surface area contributed by atoms with Crippen LogP contribution in [0.15, 0.2) is 95.2 Å². The van der Waals surface area contributed by atoms with Crippen molar-refractivity contribution in [1.29, 1.82) is 0 Å². The maximum Gasteiger partial charge on any atom is 0.365 e. The number of aromatic nitrogens is 3. The number of nitrogens with zero attached hydrogens (tertiary/aromatic N) is 4. The Labute approximate surface area is 200 Å². The van der Waals surface area contributed by atoms with Crippen molar-refractivity contribution in [2.75, 3.05) is 12.0 Å². The fourth-order valence-corrected chi connectivity index (χ4v) is 3.85. The van der Waals surface area contributed by atoms with Gasteiger partial charge < -0.3 is 4.74 Å². The molecule has 33 heavy (non-hydrogen) atoms. The van der Waals surface area contributed by atoms with Crippen molar-refractivity contribution in [2.45, 2.75) is 12.1 Å². The molecule has 0 atom stereocenters. The number of carbonyl (C=O) groups is 1. The lowest BCUT2D eigenvalue weighted by atomic mass is 10.2. The largest absolute Gasteiger partial charge is 0.461 e. The van der Waals surface area contributed by atoms with Gasteiger partial charge in [0.15, 0.2) is 5.82 Å². The maximum atomic E-state index is 12.7. The summed E-state index contributed by atoms with van der Waals surface area (Å²) in [4.78, 5) is 12.7. The maximum absolute atomic E-state index is 12.7. The Morgan fingerprint density at radius 2 is 1.67 bits per heavy atom. The van der Waals surface area contributed by atoms with Gasteiger partial charge in [0.2, 0.25) is 10.2 Å². The fraction of sp³-hybridized carbons (Fsp3) is 0.0833. The van der Waals surface area contributed by atoms with Crippen LogP contribution in [0.4, 0.5) is 5.69 Å². The van der Waals surface area contributed by atoms with Crippen LogP contribution < -0.4 is 5.43 Å². The standard InChI is InChI=1S/C24H20ClN5O2S/c1-2-32-23(31)22(28-26-19-15-13-18(25)14-16-19)33-24-29-27-21(17-9-5-3-6-10-17)30(24)20-11-7-4-8-12-20/h3-16,26H,2H2,1H3/b28-22-. The summed E-state index contributed by atoms with van der Waals surface area (Å²) in [5.41, 5.74) is 5.31. The van der Waals surface area contributed by atoms with E-state index in [1.54, 1.807) is 31.2 Å². The third-order valence-electron chi connectivity index (χ3n) is 4.45. The summed E-state index contributed by atoms with van der Waals surface area (Å²) in [6.45, 7) is 1.97. The quantitative estimate of drug-likeness (QED) is 0.127. The number of rotatable bonds is 6. The Balaban J connectivity index is 1.72. The summed E-state index contributed by atoms with van der Waals surface area (Å²) in [6, 6.07) is 26.4. The normalized spacial score (nSPS) is 11.3. The van der Waals surface area contributed by atoms with Crippen LogP contribution in [0.25, 0.3) is 17.1 Å².